The Morgan fingerprint density at radius 1 is 1.04 bits per heavy atom. The Morgan fingerprint density at radius 3 is 2.35 bits per heavy atom. The van der Waals surface area contributed by atoms with E-state index in [0.29, 0.717) is 11.3 Å². The van der Waals surface area contributed by atoms with Crippen molar-refractivity contribution < 1.29 is 14.3 Å². The van der Waals surface area contributed by atoms with Crippen LogP contribution in [-0.2, 0) is 9.53 Å². The van der Waals surface area contributed by atoms with Crippen molar-refractivity contribution in [2.45, 2.75) is 27.2 Å². The van der Waals surface area contributed by atoms with Gasteiger partial charge in [-0.15, -0.1) is 0 Å². The predicted molar refractivity (Wildman–Crippen MR) is 100.0 cm³/mol. The minimum Gasteiger partial charge on any atom is -0.452 e. The quantitative estimate of drug-likeness (QED) is 0.745. The zero-order chi connectivity index (χ0) is 19.1. The Morgan fingerprint density at radius 2 is 1.69 bits per heavy atom. The highest BCUT2D eigenvalue weighted by Crippen LogP contribution is 2.17. The second-order valence-electron chi connectivity index (χ2n) is 6.18. The van der Waals surface area contributed by atoms with Gasteiger partial charge >= 0.3 is 5.97 Å². The fraction of sp³-hybridized carbons (Fsp3) is 0.286. The first-order chi connectivity index (χ1) is 12.4. The molecule has 0 saturated heterocycles. The molecular formula is C21H22N2O3. The molecule has 5 nitrogen and oxygen atoms in total. The molecule has 0 fully saturated rings. The molecule has 0 heterocycles. The van der Waals surface area contributed by atoms with Crippen LogP contribution in [0.5, 0.6) is 0 Å². The van der Waals surface area contributed by atoms with Crippen molar-refractivity contribution in [2.24, 2.45) is 0 Å². The molecule has 0 radical (unpaired) electrons. The van der Waals surface area contributed by atoms with Crippen molar-refractivity contribution in [3.05, 3.63) is 64.7 Å². The number of hydrogen-bond acceptors (Lipinski definition) is 4. The zero-order valence-electron chi connectivity index (χ0n) is 15.3. The summed E-state index contributed by atoms with van der Waals surface area (Å²) in [6.45, 7) is 5.55. The van der Waals surface area contributed by atoms with Crippen LogP contribution in [0.2, 0.25) is 0 Å². The second-order valence-corrected chi connectivity index (χ2v) is 6.18. The lowest BCUT2D eigenvalue weighted by Gasteiger charge is -2.22. The number of anilines is 1. The smallest absolute Gasteiger partial charge is 0.338 e. The lowest BCUT2D eigenvalue weighted by atomic mass is 10.1. The minimum absolute atomic E-state index is 0.199. The molecule has 26 heavy (non-hydrogen) atoms. The third-order valence-electron chi connectivity index (χ3n) is 4.03. The molecule has 0 aliphatic rings. The van der Waals surface area contributed by atoms with E-state index in [4.69, 9.17) is 10.00 Å². The Balaban J connectivity index is 2.09. The maximum atomic E-state index is 12.6. The van der Waals surface area contributed by atoms with Gasteiger partial charge in [-0.3, -0.25) is 4.79 Å². The van der Waals surface area contributed by atoms with Gasteiger partial charge in [0.2, 0.25) is 0 Å². The molecule has 0 aliphatic heterocycles. The molecule has 0 bridgehead atoms. The van der Waals surface area contributed by atoms with Gasteiger partial charge < -0.3 is 9.64 Å². The number of rotatable bonds is 6. The number of ether oxygens (including phenoxy) is 1. The Kier molecular flexibility index (Phi) is 6.51. The number of benzene rings is 2. The molecule has 0 atom stereocenters. The summed E-state index contributed by atoms with van der Waals surface area (Å²) in [5.74, 6) is -0.883. The van der Waals surface area contributed by atoms with E-state index in [-0.39, 0.29) is 25.5 Å². The van der Waals surface area contributed by atoms with Crippen molar-refractivity contribution in [1.82, 2.24) is 0 Å². The molecule has 2 rings (SSSR count). The summed E-state index contributed by atoms with van der Waals surface area (Å²) >= 11 is 0. The van der Waals surface area contributed by atoms with Gasteiger partial charge in [0, 0.05) is 12.2 Å². The normalized spacial score (nSPS) is 10.1. The van der Waals surface area contributed by atoms with E-state index in [9.17, 15) is 9.59 Å². The first-order valence-corrected chi connectivity index (χ1v) is 8.40. The van der Waals surface area contributed by atoms with Crippen LogP contribution < -0.4 is 4.90 Å². The maximum Gasteiger partial charge on any atom is 0.338 e. The molecule has 5 heteroatoms. The summed E-state index contributed by atoms with van der Waals surface area (Å²) in [6, 6.07) is 15.0. The predicted octanol–water partition coefficient (Wildman–Crippen LogP) is 3.72. The SMILES string of the molecule is Cc1ccc(N(CCC#N)C(=O)COC(=O)c2cc(C)ccc2C)cc1. The number of carbonyl (C=O) groups is 2. The molecule has 0 aliphatic carbocycles. The summed E-state index contributed by atoms with van der Waals surface area (Å²) in [5.41, 5.74) is 3.95. The van der Waals surface area contributed by atoms with Gasteiger partial charge in [-0.1, -0.05) is 35.4 Å². The summed E-state index contributed by atoms with van der Waals surface area (Å²) < 4.78 is 5.22. The second kappa shape index (κ2) is 8.82. The summed E-state index contributed by atoms with van der Waals surface area (Å²) in [5, 5.41) is 8.84. The van der Waals surface area contributed by atoms with E-state index in [1.54, 1.807) is 6.07 Å². The van der Waals surface area contributed by atoms with E-state index >= 15 is 0 Å². The summed E-state index contributed by atoms with van der Waals surface area (Å²) in [4.78, 5) is 26.3. The number of nitriles is 1. The largest absolute Gasteiger partial charge is 0.452 e. The van der Waals surface area contributed by atoms with Crippen molar-refractivity contribution in [3.8, 4) is 6.07 Å². The number of carbonyl (C=O) groups excluding carboxylic acids is 2. The molecular weight excluding hydrogens is 328 g/mol. The van der Waals surface area contributed by atoms with Crippen LogP contribution >= 0.6 is 0 Å². The number of nitrogens with zero attached hydrogens (tertiary/aromatic N) is 2. The van der Waals surface area contributed by atoms with Crippen molar-refractivity contribution >= 4 is 17.6 Å². The number of esters is 1. The van der Waals surface area contributed by atoms with Crippen LogP contribution in [-0.4, -0.2) is 25.0 Å². The average molecular weight is 350 g/mol. The maximum absolute atomic E-state index is 12.6. The van der Waals surface area contributed by atoms with Gasteiger partial charge in [0.05, 0.1) is 18.1 Å². The molecule has 0 spiro atoms. The van der Waals surface area contributed by atoms with Crippen LogP contribution in [0, 0.1) is 32.1 Å². The molecule has 0 N–H and O–H groups in total. The molecule has 0 aromatic heterocycles. The van der Waals surface area contributed by atoms with Crippen molar-refractivity contribution in [3.63, 3.8) is 0 Å². The Labute approximate surface area is 153 Å². The van der Waals surface area contributed by atoms with Crippen LogP contribution in [0.15, 0.2) is 42.5 Å². The van der Waals surface area contributed by atoms with E-state index in [2.05, 4.69) is 0 Å². The molecule has 134 valence electrons. The van der Waals surface area contributed by atoms with Crippen LogP contribution in [0.25, 0.3) is 0 Å². The van der Waals surface area contributed by atoms with Gasteiger partial charge in [-0.05, 0) is 44.5 Å². The van der Waals surface area contributed by atoms with Gasteiger partial charge in [0.25, 0.3) is 5.91 Å². The van der Waals surface area contributed by atoms with Crippen molar-refractivity contribution in [2.75, 3.05) is 18.1 Å². The molecule has 0 unspecified atom stereocenters. The highest BCUT2D eigenvalue weighted by atomic mass is 16.5. The van der Waals surface area contributed by atoms with Gasteiger partial charge in [0.15, 0.2) is 6.61 Å². The van der Waals surface area contributed by atoms with E-state index < -0.39 is 5.97 Å². The van der Waals surface area contributed by atoms with Gasteiger partial charge in [0.1, 0.15) is 0 Å². The average Bonchev–Trinajstić information content (AvgIpc) is 2.63. The number of aryl methyl sites for hydroxylation is 3. The van der Waals surface area contributed by atoms with Gasteiger partial charge in [-0.25, -0.2) is 4.79 Å². The third-order valence-corrected chi connectivity index (χ3v) is 4.03. The molecule has 2 aromatic rings. The van der Waals surface area contributed by atoms with Crippen LogP contribution in [0.3, 0.4) is 0 Å². The summed E-state index contributed by atoms with van der Waals surface area (Å²) in [6.07, 6.45) is 0.199. The monoisotopic (exact) mass is 350 g/mol. The molecule has 0 saturated carbocycles. The van der Waals surface area contributed by atoms with E-state index in [1.165, 1.54) is 4.90 Å². The standard InChI is InChI=1S/C21H22N2O3/c1-15-6-9-18(10-7-15)23(12-4-11-22)20(24)14-26-21(25)19-13-16(2)5-8-17(19)3/h5-10,13H,4,12,14H2,1-3H3. The fourth-order valence-corrected chi connectivity index (χ4v) is 2.52. The van der Waals surface area contributed by atoms with E-state index in [1.807, 2.05) is 63.2 Å². The lowest BCUT2D eigenvalue weighted by Crippen LogP contribution is -2.35. The zero-order valence-corrected chi connectivity index (χ0v) is 15.3. The first kappa shape index (κ1) is 19.2. The highest BCUT2D eigenvalue weighted by molar-refractivity contribution is 5.97. The first-order valence-electron chi connectivity index (χ1n) is 8.40. The summed E-state index contributed by atoms with van der Waals surface area (Å²) in [7, 11) is 0. The topological polar surface area (TPSA) is 70.4 Å². The third kappa shape index (κ3) is 4.93. The Bertz CT molecular complexity index is 835. The van der Waals surface area contributed by atoms with Crippen LogP contribution in [0.4, 0.5) is 5.69 Å². The van der Waals surface area contributed by atoms with Crippen LogP contribution in [0.1, 0.15) is 33.5 Å². The van der Waals surface area contributed by atoms with Crippen molar-refractivity contribution in [1.29, 1.82) is 5.26 Å². The minimum atomic E-state index is -0.524. The lowest BCUT2D eigenvalue weighted by molar-refractivity contribution is -0.121. The Hall–Kier alpha value is -3.13. The molecule has 1 amide bonds. The number of amides is 1. The number of hydrogen-bond donors (Lipinski definition) is 0. The fourth-order valence-electron chi connectivity index (χ4n) is 2.52. The van der Waals surface area contributed by atoms with Gasteiger partial charge in [-0.2, -0.15) is 5.26 Å². The van der Waals surface area contributed by atoms with E-state index in [0.717, 1.165) is 16.7 Å². The molecule has 2 aromatic carbocycles. The highest BCUT2D eigenvalue weighted by Gasteiger charge is 2.19.